The first-order valence-corrected chi connectivity index (χ1v) is 8.41. The Bertz CT molecular complexity index is 688. The molecule has 1 fully saturated rings. The van der Waals surface area contributed by atoms with Gasteiger partial charge in [-0.1, -0.05) is 0 Å². The number of hydrogen-bond acceptors (Lipinski definition) is 4. The molecular formula is C17H27N7O2. The van der Waals surface area contributed by atoms with Gasteiger partial charge in [0.2, 0.25) is 5.96 Å². The average molecular weight is 361 g/mol. The highest BCUT2D eigenvalue weighted by atomic mass is 16.6. The molecule has 0 saturated carbocycles. The third-order valence-electron chi connectivity index (χ3n) is 3.57. The molecule has 0 aromatic heterocycles. The molecule has 1 heterocycles. The summed E-state index contributed by atoms with van der Waals surface area (Å²) in [4.78, 5) is 21.6. The third-order valence-corrected chi connectivity index (χ3v) is 3.57. The molecule has 9 heteroatoms. The summed E-state index contributed by atoms with van der Waals surface area (Å²) in [5.41, 5.74) is 17.2. The van der Waals surface area contributed by atoms with Gasteiger partial charge in [0, 0.05) is 24.8 Å². The number of carbonyl (C=O) groups is 1. The summed E-state index contributed by atoms with van der Waals surface area (Å²) in [5.74, 6) is -0.144. The van der Waals surface area contributed by atoms with Crippen molar-refractivity contribution in [1.29, 1.82) is 0 Å². The lowest BCUT2D eigenvalue weighted by molar-refractivity contribution is 0.0293. The van der Waals surface area contributed by atoms with Gasteiger partial charge >= 0.3 is 6.09 Å². The second kappa shape index (κ2) is 7.94. The molecule has 1 saturated heterocycles. The van der Waals surface area contributed by atoms with Crippen molar-refractivity contribution in [2.75, 3.05) is 18.4 Å². The Morgan fingerprint density at radius 2 is 1.88 bits per heavy atom. The molecule has 0 bridgehead atoms. The first kappa shape index (κ1) is 19.4. The van der Waals surface area contributed by atoms with Crippen molar-refractivity contribution < 1.29 is 9.53 Å². The lowest BCUT2D eigenvalue weighted by Gasteiger charge is -2.24. The zero-order valence-electron chi connectivity index (χ0n) is 15.4. The molecule has 1 aromatic rings. The SMILES string of the molecule is CC(C)(C)OC(=O)N1CCC(Nc2ccc(N=C(N)N=C(N)N)cc2)C1. The van der Waals surface area contributed by atoms with Gasteiger partial charge in [-0.3, -0.25) is 0 Å². The molecule has 0 spiro atoms. The summed E-state index contributed by atoms with van der Waals surface area (Å²) in [7, 11) is 0. The number of aliphatic imine (C=N–C) groups is 2. The summed E-state index contributed by atoms with van der Waals surface area (Å²) in [5, 5.41) is 3.40. The van der Waals surface area contributed by atoms with Gasteiger partial charge in [0.05, 0.1) is 5.69 Å². The number of benzene rings is 1. The smallest absolute Gasteiger partial charge is 0.410 e. The third kappa shape index (κ3) is 6.15. The first-order chi connectivity index (χ1) is 12.1. The van der Waals surface area contributed by atoms with Gasteiger partial charge < -0.3 is 32.2 Å². The van der Waals surface area contributed by atoms with Gasteiger partial charge in [0.1, 0.15) is 5.60 Å². The molecule has 26 heavy (non-hydrogen) atoms. The lowest BCUT2D eigenvalue weighted by Crippen LogP contribution is -2.36. The quantitative estimate of drug-likeness (QED) is 0.472. The maximum absolute atomic E-state index is 12.1. The number of nitrogens with zero attached hydrogens (tertiary/aromatic N) is 3. The van der Waals surface area contributed by atoms with Crippen LogP contribution in [0, 0.1) is 0 Å². The van der Waals surface area contributed by atoms with Crippen LogP contribution < -0.4 is 22.5 Å². The van der Waals surface area contributed by atoms with Crippen LogP contribution >= 0.6 is 0 Å². The Labute approximate surface area is 153 Å². The normalized spacial score (nSPS) is 17.7. The van der Waals surface area contributed by atoms with Crippen molar-refractivity contribution in [2.24, 2.45) is 27.2 Å². The first-order valence-electron chi connectivity index (χ1n) is 8.41. The van der Waals surface area contributed by atoms with Crippen molar-refractivity contribution in [3.05, 3.63) is 24.3 Å². The van der Waals surface area contributed by atoms with Gasteiger partial charge in [0.25, 0.3) is 0 Å². The Hall–Kier alpha value is -2.97. The molecule has 9 nitrogen and oxygen atoms in total. The topological polar surface area (TPSA) is 144 Å². The molecule has 142 valence electrons. The summed E-state index contributed by atoms with van der Waals surface area (Å²) in [6, 6.07) is 7.55. The van der Waals surface area contributed by atoms with E-state index in [1.165, 1.54) is 0 Å². The lowest BCUT2D eigenvalue weighted by atomic mass is 10.2. The molecule has 1 amide bonds. The van der Waals surface area contributed by atoms with E-state index in [1.54, 1.807) is 17.0 Å². The summed E-state index contributed by atoms with van der Waals surface area (Å²) < 4.78 is 5.40. The minimum atomic E-state index is -0.487. The van der Waals surface area contributed by atoms with E-state index in [1.807, 2.05) is 32.9 Å². The number of guanidine groups is 2. The molecule has 1 aromatic carbocycles. The molecule has 0 radical (unpaired) electrons. The van der Waals surface area contributed by atoms with Crippen molar-refractivity contribution >= 4 is 29.4 Å². The van der Waals surface area contributed by atoms with Crippen molar-refractivity contribution in [3.8, 4) is 0 Å². The molecule has 2 rings (SSSR count). The molecule has 1 aliphatic rings. The molecule has 7 N–H and O–H groups in total. The van der Waals surface area contributed by atoms with Crippen LogP contribution in [0.3, 0.4) is 0 Å². The fourth-order valence-corrected chi connectivity index (χ4v) is 2.53. The number of carbonyl (C=O) groups excluding carboxylic acids is 1. The maximum atomic E-state index is 12.1. The number of nitrogens with one attached hydrogen (secondary N) is 1. The minimum Gasteiger partial charge on any atom is -0.444 e. The van der Waals surface area contributed by atoms with Crippen LogP contribution in [-0.2, 0) is 4.74 Å². The summed E-state index contributed by atoms with van der Waals surface area (Å²) in [6.45, 7) is 6.86. The Kier molecular flexibility index (Phi) is 5.91. The van der Waals surface area contributed by atoms with Gasteiger partial charge in [-0.2, -0.15) is 4.99 Å². The molecule has 0 aliphatic carbocycles. The van der Waals surface area contributed by atoms with E-state index in [9.17, 15) is 4.79 Å². The highest BCUT2D eigenvalue weighted by Gasteiger charge is 2.29. The van der Waals surface area contributed by atoms with Gasteiger partial charge in [-0.05, 0) is 51.5 Å². The Morgan fingerprint density at radius 1 is 1.23 bits per heavy atom. The summed E-state index contributed by atoms with van der Waals surface area (Å²) >= 11 is 0. The van der Waals surface area contributed by atoms with Crippen LogP contribution in [0.5, 0.6) is 0 Å². The zero-order chi connectivity index (χ0) is 19.3. The summed E-state index contributed by atoms with van der Waals surface area (Å²) in [6.07, 6.45) is 0.582. The fraction of sp³-hybridized carbons (Fsp3) is 0.471. The second-order valence-corrected chi connectivity index (χ2v) is 7.11. The van der Waals surface area contributed by atoms with E-state index in [0.29, 0.717) is 18.8 Å². The van der Waals surface area contributed by atoms with Crippen LogP contribution in [0.25, 0.3) is 0 Å². The average Bonchev–Trinajstić information content (AvgIpc) is 2.95. The van der Waals surface area contributed by atoms with E-state index in [4.69, 9.17) is 21.9 Å². The Balaban J connectivity index is 1.90. The molecular weight excluding hydrogens is 334 g/mol. The molecule has 1 atom stereocenters. The van der Waals surface area contributed by atoms with Gasteiger partial charge in [0.15, 0.2) is 5.96 Å². The fourth-order valence-electron chi connectivity index (χ4n) is 2.53. The number of nitrogens with two attached hydrogens (primary N) is 3. The standard InChI is InChI=1S/C17H27N7O2/c1-17(2,3)26-16(25)24-9-8-13(10-24)21-11-4-6-12(7-5-11)22-15(20)23-14(18)19/h4-7,13,21H,8-10H2,1-3H3,(H6,18,19,20,22,23). The van der Waals surface area contributed by atoms with Gasteiger partial charge in [-0.15, -0.1) is 0 Å². The molecule has 1 unspecified atom stereocenters. The van der Waals surface area contributed by atoms with Crippen LogP contribution in [0.15, 0.2) is 34.3 Å². The van der Waals surface area contributed by atoms with Crippen LogP contribution in [0.2, 0.25) is 0 Å². The van der Waals surface area contributed by atoms with E-state index >= 15 is 0 Å². The van der Waals surface area contributed by atoms with Crippen molar-refractivity contribution in [2.45, 2.75) is 38.8 Å². The van der Waals surface area contributed by atoms with Crippen LogP contribution in [0.1, 0.15) is 27.2 Å². The number of anilines is 1. The van der Waals surface area contributed by atoms with E-state index in [-0.39, 0.29) is 24.1 Å². The predicted molar refractivity (Wildman–Crippen MR) is 103 cm³/mol. The highest BCUT2D eigenvalue weighted by molar-refractivity contribution is 5.93. The Morgan fingerprint density at radius 3 is 2.46 bits per heavy atom. The van der Waals surface area contributed by atoms with Crippen molar-refractivity contribution in [1.82, 2.24) is 4.90 Å². The van der Waals surface area contributed by atoms with Crippen LogP contribution in [0.4, 0.5) is 16.2 Å². The highest BCUT2D eigenvalue weighted by Crippen LogP contribution is 2.21. The largest absolute Gasteiger partial charge is 0.444 e. The van der Waals surface area contributed by atoms with Gasteiger partial charge in [-0.25, -0.2) is 9.79 Å². The molecule has 1 aliphatic heterocycles. The minimum absolute atomic E-state index is 0.00509. The number of amides is 1. The number of ether oxygens (including phenoxy) is 1. The second-order valence-electron chi connectivity index (χ2n) is 7.11. The van der Waals surface area contributed by atoms with Crippen LogP contribution in [-0.4, -0.2) is 47.6 Å². The maximum Gasteiger partial charge on any atom is 0.410 e. The predicted octanol–water partition coefficient (Wildman–Crippen LogP) is 1.33. The zero-order valence-corrected chi connectivity index (χ0v) is 15.4. The van der Waals surface area contributed by atoms with Crippen molar-refractivity contribution in [3.63, 3.8) is 0 Å². The van der Waals surface area contributed by atoms with E-state index in [2.05, 4.69) is 15.3 Å². The number of likely N-dealkylation sites (tertiary alicyclic amines) is 1. The van der Waals surface area contributed by atoms with E-state index in [0.717, 1.165) is 12.1 Å². The monoisotopic (exact) mass is 361 g/mol. The number of hydrogen-bond donors (Lipinski definition) is 4. The van der Waals surface area contributed by atoms with E-state index < -0.39 is 5.60 Å². The number of rotatable bonds is 3.